The van der Waals surface area contributed by atoms with E-state index in [1.807, 2.05) is 14.1 Å². The standard InChI is InChI=1S/C18H30N6O2/c1-22(2)15(25)14-8-12-24(13-9-14)17-19-16(20-18(21-17)26-3)23-10-6-4-5-7-11-23/h14H,4-13H2,1-3H3. The van der Waals surface area contributed by atoms with Gasteiger partial charge in [0.25, 0.3) is 0 Å². The quantitative estimate of drug-likeness (QED) is 0.805. The van der Waals surface area contributed by atoms with E-state index in [-0.39, 0.29) is 11.8 Å². The average Bonchev–Trinajstić information content (AvgIpc) is 2.96. The van der Waals surface area contributed by atoms with Crippen molar-refractivity contribution in [1.29, 1.82) is 0 Å². The number of aromatic nitrogens is 3. The number of carbonyl (C=O) groups is 1. The fourth-order valence-electron chi connectivity index (χ4n) is 3.67. The van der Waals surface area contributed by atoms with Gasteiger partial charge in [-0.15, -0.1) is 0 Å². The lowest BCUT2D eigenvalue weighted by atomic mass is 9.96. The van der Waals surface area contributed by atoms with Crippen molar-refractivity contribution < 1.29 is 9.53 Å². The summed E-state index contributed by atoms with van der Waals surface area (Å²) in [5.41, 5.74) is 0. The number of hydrogen-bond acceptors (Lipinski definition) is 7. The van der Waals surface area contributed by atoms with Gasteiger partial charge in [-0.2, -0.15) is 15.0 Å². The maximum atomic E-state index is 12.2. The first kappa shape index (κ1) is 18.7. The monoisotopic (exact) mass is 362 g/mol. The first-order valence-corrected chi connectivity index (χ1v) is 9.59. The molecule has 0 spiro atoms. The Kier molecular flexibility index (Phi) is 6.11. The fraction of sp³-hybridized carbons (Fsp3) is 0.778. The van der Waals surface area contributed by atoms with Crippen LogP contribution < -0.4 is 14.5 Å². The highest BCUT2D eigenvalue weighted by Gasteiger charge is 2.28. The maximum absolute atomic E-state index is 12.2. The highest BCUT2D eigenvalue weighted by atomic mass is 16.5. The number of nitrogens with zero attached hydrogens (tertiary/aromatic N) is 6. The molecule has 0 unspecified atom stereocenters. The summed E-state index contributed by atoms with van der Waals surface area (Å²) in [6, 6.07) is 0.362. The van der Waals surface area contributed by atoms with Crippen molar-refractivity contribution in [2.75, 3.05) is 57.2 Å². The number of piperidine rings is 1. The van der Waals surface area contributed by atoms with Gasteiger partial charge >= 0.3 is 6.01 Å². The Balaban J connectivity index is 1.73. The van der Waals surface area contributed by atoms with Crippen molar-refractivity contribution in [3.05, 3.63) is 0 Å². The van der Waals surface area contributed by atoms with E-state index in [1.165, 1.54) is 25.7 Å². The minimum Gasteiger partial charge on any atom is -0.467 e. The van der Waals surface area contributed by atoms with E-state index in [9.17, 15) is 4.79 Å². The lowest BCUT2D eigenvalue weighted by Gasteiger charge is -2.33. The zero-order chi connectivity index (χ0) is 18.5. The van der Waals surface area contributed by atoms with Crippen molar-refractivity contribution in [2.45, 2.75) is 38.5 Å². The largest absolute Gasteiger partial charge is 0.467 e. The zero-order valence-corrected chi connectivity index (χ0v) is 16.1. The lowest BCUT2D eigenvalue weighted by Crippen LogP contribution is -2.41. The average molecular weight is 362 g/mol. The second-order valence-electron chi connectivity index (χ2n) is 7.32. The van der Waals surface area contributed by atoms with E-state index in [0.29, 0.717) is 17.9 Å². The van der Waals surface area contributed by atoms with Crippen molar-refractivity contribution in [3.8, 4) is 6.01 Å². The molecule has 0 saturated carbocycles. The number of carbonyl (C=O) groups excluding carboxylic acids is 1. The predicted octanol–water partition coefficient (Wildman–Crippen LogP) is 1.57. The molecule has 144 valence electrons. The van der Waals surface area contributed by atoms with Crippen molar-refractivity contribution in [2.24, 2.45) is 5.92 Å². The molecule has 2 aliphatic rings. The number of anilines is 2. The highest BCUT2D eigenvalue weighted by molar-refractivity contribution is 5.78. The Hall–Kier alpha value is -2.12. The summed E-state index contributed by atoms with van der Waals surface area (Å²) in [6.45, 7) is 3.51. The SMILES string of the molecule is COc1nc(N2CCCCCC2)nc(N2CCC(C(=O)N(C)C)CC2)n1. The third-order valence-electron chi connectivity index (χ3n) is 5.23. The van der Waals surface area contributed by atoms with E-state index in [4.69, 9.17) is 9.72 Å². The Morgan fingerprint density at radius 3 is 1.96 bits per heavy atom. The molecule has 3 rings (SSSR count). The third-order valence-corrected chi connectivity index (χ3v) is 5.23. The molecule has 8 heteroatoms. The van der Waals surface area contributed by atoms with Gasteiger partial charge in [0.15, 0.2) is 0 Å². The molecule has 26 heavy (non-hydrogen) atoms. The first-order valence-electron chi connectivity index (χ1n) is 9.59. The third kappa shape index (κ3) is 4.34. The maximum Gasteiger partial charge on any atom is 0.322 e. The van der Waals surface area contributed by atoms with Crippen molar-refractivity contribution in [3.63, 3.8) is 0 Å². The smallest absolute Gasteiger partial charge is 0.322 e. The van der Waals surface area contributed by atoms with Crippen LogP contribution in [-0.4, -0.2) is 73.1 Å². The summed E-state index contributed by atoms with van der Waals surface area (Å²) < 4.78 is 5.32. The molecule has 0 N–H and O–H groups in total. The van der Waals surface area contributed by atoms with Crippen LogP contribution in [0.1, 0.15) is 38.5 Å². The second kappa shape index (κ2) is 8.51. The molecular formula is C18H30N6O2. The summed E-state index contributed by atoms with van der Waals surface area (Å²) in [6.07, 6.45) is 6.51. The molecular weight excluding hydrogens is 332 g/mol. The molecule has 2 aliphatic heterocycles. The summed E-state index contributed by atoms with van der Waals surface area (Å²) in [5, 5.41) is 0. The minimum absolute atomic E-state index is 0.0926. The normalized spacial score (nSPS) is 19.2. The highest BCUT2D eigenvalue weighted by Crippen LogP contribution is 2.25. The number of methoxy groups -OCH3 is 1. The molecule has 1 aromatic rings. The molecule has 0 aromatic carbocycles. The van der Waals surface area contributed by atoms with E-state index >= 15 is 0 Å². The first-order chi connectivity index (χ1) is 12.6. The predicted molar refractivity (Wildman–Crippen MR) is 101 cm³/mol. The molecule has 8 nitrogen and oxygen atoms in total. The van der Waals surface area contributed by atoms with Gasteiger partial charge in [-0.05, 0) is 25.7 Å². The molecule has 1 aromatic heterocycles. The van der Waals surface area contributed by atoms with Crippen LogP contribution >= 0.6 is 0 Å². The topological polar surface area (TPSA) is 74.7 Å². The second-order valence-corrected chi connectivity index (χ2v) is 7.32. The van der Waals surface area contributed by atoms with E-state index in [0.717, 1.165) is 39.0 Å². The van der Waals surface area contributed by atoms with E-state index in [1.54, 1.807) is 12.0 Å². The van der Waals surface area contributed by atoms with Gasteiger partial charge in [0.05, 0.1) is 7.11 Å². The summed E-state index contributed by atoms with van der Waals surface area (Å²) in [5.74, 6) is 1.67. The van der Waals surface area contributed by atoms with Crippen molar-refractivity contribution in [1.82, 2.24) is 19.9 Å². The summed E-state index contributed by atoms with van der Waals surface area (Å²) in [4.78, 5) is 31.9. The fourth-order valence-corrected chi connectivity index (χ4v) is 3.67. The molecule has 3 heterocycles. The van der Waals surface area contributed by atoms with Crippen LogP contribution in [0, 0.1) is 5.92 Å². The van der Waals surface area contributed by atoms with E-state index in [2.05, 4.69) is 19.8 Å². The van der Waals surface area contributed by atoms with Gasteiger partial charge in [-0.25, -0.2) is 0 Å². The number of rotatable bonds is 4. The van der Waals surface area contributed by atoms with E-state index < -0.39 is 0 Å². The van der Waals surface area contributed by atoms with Crippen molar-refractivity contribution >= 4 is 17.8 Å². The zero-order valence-electron chi connectivity index (χ0n) is 16.1. The van der Waals surface area contributed by atoms with Crippen LogP contribution in [0.3, 0.4) is 0 Å². The molecule has 0 aliphatic carbocycles. The lowest BCUT2D eigenvalue weighted by molar-refractivity contribution is -0.133. The van der Waals surface area contributed by atoms with Crippen LogP contribution in [0.15, 0.2) is 0 Å². The van der Waals surface area contributed by atoms with Gasteiger partial charge in [-0.3, -0.25) is 4.79 Å². The van der Waals surface area contributed by atoms with Gasteiger partial charge in [-0.1, -0.05) is 12.8 Å². The molecule has 1 amide bonds. The minimum atomic E-state index is 0.0926. The Morgan fingerprint density at radius 1 is 0.923 bits per heavy atom. The molecule has 0 radical (unpaired) electrons. The molecule has 0 bridgehead atoms. The molecule has 2 fully saturated rings. The van der Waals surface area contributed by atoms with Crippen LogP contribution in [0.4, 0.5) is 11.9 Å². The van der Waals surface area contributed by atoms with Crippen LogP contribution in [-0.2, 0) is 4.79 Å². The van der Waals surface area contributed by atoms with Gasteiger partial charge in [0, 0.05) is 46.2 Å². The van der Waals surface area contributed by atoms with Crippen LogP contribution in [0.5, 0.6) is 6.01 Å². The van der Waals surface area contributed by atoms with Crippen LogP contribution in [0.2, 0.25) is 0 Å². The summed E-state index contributed by atoms with van der Waals surface area (Å²) >= 11 is 0. The van der Waals surface area contributed by atoms with Crippen LogP contribution in [0.25, 0.3) is 0 Å². The van der Waals surface area contributed by atoms with Gasteiger partial charge in [0.2, 0.25) is 17.8 Å². The Bertz CT molecular complexity index is 608. The Morgan fingerprint density at radius 2 is 1.46 bits per heavy atom. The number of ether oxygens (including phenoxy) is 1. The number of hydrogen-bond donors (Lipinski definition) is 0. The number of amides is 1. The van der Waals surface area contributed by atoms with Gasteiger partial charge < -0.3 is 19.4 Å². The van der Waals surface area contributed by atoms with Gasteiger partial charge in [0.1, 0.15) is 0 Å². The molecule has 2 saturated heterocycles. The Labute approximate surface area is 155 Å². The molecule has 0 atom stereocenters. The summed E-state index contributed by atoms with van der Waals surface area (Å²) in [7, 11) is 5.23.